The zero-order valence-electron chi connectivity index (χ0n) is 11.4. The van der Waals surface area contributed by atoms with Gasteiger partial charge in [0.1, 0.15) is 0 Å². The minimum Gasteiger partial charge on any atom is -0.375 e. The first-order valence-electron chi connectivity index (χ1n) is 6.70. The van der Waals surface area contributed by atoms with Crippen LogP contribution in [0.15, 0.2) is 29.3 Å². The van der Waals surface area contributed by atoms with Crippen LogP contribution in [0.1, 0.15) is 5.56 Å². The molecule has 0 saturated carbocycles. The van der Waals surface area contributed by atoms with Crippen LogP contribution in [0.25, 0.3) is 0 Å². The highest BCUT2D eigenvalue weighted by atomic mass is 35.5. The van der Waals surface area contributed by atoms with Crippen LogP contribution in [-0.4, -0.2) is 48.6 Å². The maximum Gasteiger partial charge on any atom is 0.191 e. The summed E-state index contributed by atoms with van der Waals surface area (Å²) >= 11 is 7.79. The monoisotopic (exact) mass is 313 g/mol. The van der Waals surface area contributed by atoms with Gasteiger partial charge in [-0.15, -0.1) is 0 Å². The van der Waals surface area contributed by atoms with Crippen molar-refractivity contribution in [1.82, 2.24) is 4.90 Å². The van der Waals surface area contributed by atoms with E-state index in [1.54, 1.807) is 0 Å². The number of aliphatic imine (C=N–C) groups is 1. The smallest absolute Gasteiger partial charge is 0.191 e. The molecule has 0 amide bonds. The summed E-state index contributed by atoms with van der Waals surface area (Å²) in [6, 6.07) is 7.66. The molecule has 0 aromatic heterocycles. The molecule has 1 aliphatic rings. The van der Waals surface area contributed by atoms with Gasteiger partial charge in [-0.1, -0.05) is 23.7 Å². The maximum atomic E-state index is 5.95. The number of nitrogens with two attached hydrogens (primary N) is 1. The number of benzene rings is 1. The molecule has 1 aliphatic heterocycles. The SMILES string of the molecule is NC(=NCCOCc1ccc(Cl)cc1)N1CCSCC1. The Morgan fingerprint density at radius 1 is 1.30 bits per heavy atom. The number of thioether (sulfide) groups is 1. The summed E-state index contributed by atoms with van der Waals surface area (Å²) in [6.45, 7) is 3.74. The zero-order chi connectivity index (χ0) is 14.2. The standard InChI is InChI=1S/C14H20ClN3OS/c15-13-3-1-12(2-4-13)11-19-8-5-17-14(16)18-6-9-20-10-7-18/h1-4H,5-11H2,(H2,16,17). The van der Waals surface area contributed by atoms with E-state index in [1.165, 1.54) is 0 Å². The van der Waals surface area contributed by atoms with Gasteiger partial charge in [-0.25, -0.2) is 0 Å². The van der Waals surface area contributed by atoms with Gasteiger partial charge in [-0.05, 0) is 17.7 Å². The summed E-state index contributed by atoms with van der Waals surface area (Å²) < 4.78 is 5.57. The minimum atomic E-state index is 0.575. The molecule has 0 aliphatic carbocycles. The Kier molecular flexibility index (Phi) is 6.50. The number of nitrogens with zero attached hydrogens (tertiary/aromatic N) is 2. The third kappa shape index (κ3) is 5.23. The fourth-order valence-corrected chi connectivity index (χ4v) is 2.92. The first-order valence-corrected chi connectivity index (χ1v) is 8.24. The van der Waals surface area contributed by atoms with Gasteiger partial charge in [0.25, 0.3) is 0 Å². The van der Waals surface area contributed by atoms with Gasteiger partial charge in [-0.2, -0.15) is 11.8 Å². The molecule has 2 rings (SSSR count). The van der Waals surface area contributed by atoms with E-state index in [9.17, 15) is 0 Å². The molecule has 20 heavy (non-hydrogen) atoms. The molecular weight excluding hydrogens is 294 g/mol. The van der Waals surface area contributed by atoms with Crippen molar-refractivity contribution in [3.63, 3.8) is 0 Å². The van der Waals surface area contributed by atoms with E-state index >= 15 is 0 Å². The number of hydrogen-bond acceptors (Lipinski definition) is 3. The van der Waals surface area contributed by atoms with Crippen molar-refractivity contribution in [2.24, 2.45) is 10.7 Å². The van der Waals surface area contributed by atoms with Crippen molar-refractivity contribution in [3.8, 4) is 0 Å². The summed E-state index contributed by atoms with van der Waals surface area (Å²) in [7, 11) is 0. The summed E-state index contributed by atoms with van der Waals surface area (Å²) in [5.41, 5.74) is 7.07. The van der Waals surface area contributed by atoms with Crippen LogP contribution in [0.2, 0.25) is 5.02 Å². The van der Waals surface area contributed by atoms with Crippen molar-refractivity contribution in [2.45, 2.75) is 6.61 Å². The Morgan fingerprint density at radius 2 is 2.00 bits per heavy atom. The zero-order valence-corrected chi connectivity index (χ0v) is 13.0. The Balaban J connectivity index is 1.64. The highest BCUT2D eigenvalue weighted by Gasteiger charge is 2.11. The van der Waals surface area contributed by atoms with Crippen molar-refractivity contribution in [1.29, 1.82) is 0 Å². The van der Waals surface area contributed by atoms with E-state index in [0.717, 1.165) is 35.2 Å². The molecule has 0 bridgehead atoms. The molecule has 0 atom stereocenters. The Labute approximate surface area is 129 Å². The Morgan fingerprint density at radius 3 is 2.70 bits per heavy atom. The van der Waals surface area contributed by atoms with Crippen LogP contribution in [0.5, 0.6) is 0 Å². The largest absolute Gasteiger partial charge is 0.375 e. The molecule has 0 unspecified atom stereocenters. The van der Waals surface area contributed by atoms with Gasteiger partial charge in [-0.3, -0.25) is 4.99 Å². The molecule has 1 fully saturated rings. The average Bonchev–Trinajstić information content (AvgIpc) is 2.49. The second-order valence-corrected chi connectivity index (χ2v) is 6.18. The predicted octanol–water partition coefficient (Wildman–Crippen LogP) is 2.22. The number of ether oxygens (including phenoxy) is 1. The lowest BCUT2D eigenvalue weighted by Crippen LogP contribution is -2.42. The molecule has 1 heterocycles. The maximum absolute atomic E-state index is 5.95. The summed E-state index contributed by atoms with van der Waals surface area (Å²) in [5, 5.41) is 0.741. The lowest BCUT2D eigenvalue weighted by Gasteiger charge is -2.27. The quantitative estimate of drug-likeness (QED) is 0.514. The highest BCUT2D eigenvalue weighted by molar-refractivity contribution is 7.99. The Bertz CT molecular complexity index is 433. The molecule has 0 radical (unpaired) electrons. The number of halogens is 1. The molecule has 2 N–H and O–H groups in total. The van der Waals surface area contributed by atoms with Crippen LogP contribution >= 0.6 is 23.4 Å². The van der Waals surface area contributed by atoms with Crippen molar-refractivity contribution < 1.29 is 4.74 Å². The summed E-state index contributed by atoms with van der Waals surface area (Å²) in [5.74, 6) is 2.90. The van der Waals surface area contributed by atoms with E-state index in [1.807, 2.05) is 36.0 Å². The second kappa shape index (κ2) is 8.39. The van der Waals surface area contributed by atoms with Gasteiger partial charge >= 0.3 is 0 Å². The van der Waals surface area contributed by atoms with Crippen molar-refractivity contribution in [3.05, 3.63) is 34.9 Å². The molecule has 4 nitrogen and oxygen atoms in total. The minimum absolute atomic E-state index is 0.575. The average molecular weight is 314 g/mol. The van der Waals surface area contributed by atoms with E-state index in [-0.39, 0.29) is 0 Å². The number of hydrogen-bond donors (Lipinski definition) is 1. The topological polar surface area (TPSA) is 50.9 Å². The normalized spacial score (nSPS) is 16.4. The van der Waals surface area contributed by atoms with Crippen LogP contribution in [0.3, 0.4) is 0 Å². The van der Waals surface area contributed by atoms with Gasteiger partial charge in [0.15, 0.2) is 5.96 Å². The molecule has 1 aromatic carbocycles. The Hall–Kier alpha value is -0.910. The first kappa shape index (κ1) is 15.5. The third-order valence-electron chi connectivity index (χ3n) is 3.03. The molecular formula is C14H20ClN3OS. The van der Waals surface area contributed by atoms with Gasteiger partial charge in [0.2, 0.25) is 0 Å². The van der Waals surface area contributed by atoms with Gasteiger partial charge < -0.3 is 15.4 Å². The van der Waals surface area contributed by atoms with Crippen LogP contribution in [-0.2, 0) is 11.3 Å². The predicted molar refractivity (Wildman–Crippen MR) is 86.5 cm³/mol. The van der Waals surface area contributed by atoms with Crippen molar-refractivity contribution in [2.75, 3.05) is 37.7 Å². The molecule has 6 heteroatoms. The van der Waals surface area contributed by atoms with E-state index in [0.29, 0.717) is 25.7 Å². The summed E-state index contributed by atoms with van der Waals surface area (Å²) in [6.07, 6.45) is 0. The van der Waals surface area contributed by atoms with E-state index in [4.69, 9.17) is 22.1 Å². The lowest BCUT2D eigenvalue weighted by atomic mass is 10.2. The fourth-order valence-electron chi connectivity index (χ4n) is 1.89. The van der Waals surface area contributed by atoms with Gasteiger partial charge in [0, 0.05) is 29.6 Å². The molecule has 1 saturated heterocycles. The van der Waals surface area contributed by atoms with Gasteiger partial charge in [0.05, 0.1) is 19.8 Å². The van der Waals surface area contributed by atoms with E-state index in [2.05, 4.69) is 9.89 Å². The lowest BCUT2D eigenvalue weighted by molar-refractivity contribution is 0.128. The van der Waals surface area contributed by atoms with Crippen LogP contribution in [0, 0.1) is 0 Å². The van der Waals surface area contributed by atoms with Crippen molar-refractivity contribution >= 4 is 29.3 Å². The van der Waals surface area contributed by atoms with Crippen LogP contribution in [0.4, 0.5) is 0 Å². The molecule has 110 valence electrons. The molecule has 0 spiro atoms. The number of rotatable bonds is 5. The molecule has 1 aromatic rings. The highest BCUT2D eigenvalue weighted by Crippen LogP contribution is 2.10. The third-order valence-corrected chi connectivity index (χ3v) is 4.22. The van der Waals surface area contributed by atoms with Crippen LogP contribution < -0.4 is 5.73 Å². The number of guanidine groups is 1. The second-order valence-electron chi connectivity index (χ2n) is 4.52. The summed E-state index contributed by atoms with van der Waals surface area (Å²) in [4.78, 5) is 6.49. The first-order chi connectivity index (χ1) is 9.75. The fraction of sp³-hybridized carbons (Fsp3) is 0.500. The van der Waals surface area contributed by atoms with E-state index < -0.39 is 0 Å².